The van der Waals surface area contributed by atoms with E-state index >= 15 is 0 Å². The molecule has 0 unspecified atom stereocenters. The zero-order valence-electron chi connectivity index (χ0n) is 16.1. The van der Waals surface area contributed by atoms with Crippen molar-refractivity contribution in [2.75, 3.05) is 10.0 Å². The molecule has 150 valence electrons. The fraction of sp³-hybridized carbons (Fsp3) is 0.150. The number of aromatic nitrogens is 2. The lowest BCUT2D eigenvalue weighted by Gasteiger charge is -2.11. The Bertz CT molecular complexity index is 1130. The van der Waals surface area contributed by atoms with Gasteiger partial charge in [0.1, 0.15) is 5.75 Å². The van der Waals surface area contributed by atoms with Crippen LogP contribution in [0.3, 0.4) is 0 Å². The van der Waals surface area contributed by atoms with E-state index in [1.807, 2.05) is 19.9 Å². The lowest BCUT2D eigenvalue weighted by atomic mass is 10.3. The average molecular weight is 412 g/mol. The van der Waals surface area contributed by atoms with Crippen LogP contribution in [-0.2, 0) is 14.8 Å². The summed E-state index contributed by atoms with van der Waals surface area (Å²) in [5.41, 5.74) is 2.39. The molecule has 0 atom stereocenters. The van der Waals surface area contributed by atoms with Gasteiger partial charge in [0.15, 0.2) is 0 Å². The van der Waals surface area contributed by atoms with Gasteiger partial charge in [-0.25, -0.2) is 18.4 Å². The highest BCUT2D eigenvalue weighted by molar-refractivity contribution is 7.92. The first kappa shape index (κ1) is 20.3. The first-order chi connectivity index (χ1) is 13.7. The summed E-state index contributed by atoms with van der Waals surface area (Å²) in [6.45, 7) is 5.05. The van der Waals surface area contributed by atoms with Crippen LogP contribution in [0.25, 0.3) is 0 Å². The van der Waals surface area contributed by atoms with Gasteiger partial charge in [0.2, 0.25) is 5.91 Å². The van der Waals surface area contributed by atoms with E-state index in [9.17, 15) is 13.2 Å². The predicted octanol–water partition coefficient (Wildman–Crippen LogP) is 3.64. The Labute approximate surface area is 169 Å². The molecule has 0 bridgehead atoms. The molecule has 2 aromatic carbocycles. The van der Waals surface area contributed by atoms with Crippen molar-refractivity contribution in [2.24, 2.45) is 0 Å². The van der Waals surface area contributed by atoms with Crippen LogP contribution in [0.2, 0.25) is 0 Å². The topological polar surface area (TPSA) is 110 Å². The minimum atomic E-state index is -3.81. The first-order valence-corrected chi connectivity index (χ1v) is 10.2. The smallest absolute Gasteiger partial charge is 0.322 e. The fourth-order valence-corrected chi connectivity index (χ4v) is 3.65. The summed E-state index contributed by atoms with van der Waals surface area (Å²) >= 11 is 0. The minimum absolute atomic E-state index is 0.0653. The largest absolute Gasteiger partial charge is 0.424 e. The molecule has 3 rings (SSSR count). The summed E-state index contributed by atoms with van der Waals surface area (Å²) in [6, 6.07) is 14.4. The van der Waals surface area contributed by atoms with Gasteiger partial charge in [0.05, 0.1) is 10.6 Å². The SMILES string of the molecule is CC(=O)Nc1ccc(S(=O)(=O)Nc2cccc(Oc3nc(C)cc(C)n3)c2)cc1. The summed E-state index contributed by atoms with van der Waals surface area (Å²) in [7, 11) is -3.81. The third-order valence-electron chi connectivity index (χ3n) is 3.74. The lowest BCUT2D eigenvalue weighted by Crippen LogP contribution is -2.13. The van der Waals surface area contributed by atoms with Gasteiger partial charge >= 0.3 is 6.01 Å². The van der Waals surface area contributed by atoms with Crippen LogP contribution in [0.15, 0.2) is 59.5 Å². The second kappa shape index (κ2) is 8.27. The van der Waals surface area contributed by atoms with Gasteiger partial charge in [0, 0.05) is 30.1 Å². The van der Waals surface area contributed by atoms with E-state index in [2.05, 4.69) is 20.0 Å². The first-order valence-electron chi connectivity index (χ1n) is 8.72. The Balaban J connectivity index is 1.77. The molecule has 2 N–H and O–H groups in total. The second-order valence-corrected chi connectivity index (χ2v) is 8.06. The number of nitrogens with zero attached hydrogens (tertiary/aromatic N) is 2. The summed E-state index contributed by atoms with van der Waals surface area (Å²) in [6.07, 6.45) is 0. The van der Waals surface area contributed by atoms with Crippen molar-refractivity contribution in [1.82, 2.24) is 9.97 Å². The van der Waals surface area contributed by atoms with Crippen molar-refractivity contribution in [3.8, 4) is 11.8 Å². The number of carbonyl (C=O) groups is 1. The Morgan fingerprint density at radius 1 is 0.931 bits per heavy atom. The lowest BCUT2D eigenvalue weighted by molar-refractivity contribution is -0.114. The highest BCUT2D eigenvalue weighted by Gasteiger charge is 2.15. The molecule has 29 heavy (non-hydrogen) atoms. The molecule has 1 aromatic heterocycles. The summed E-state index contributed by atoms with van der Waals surface area (Å²) < 4.78 is 33.4. The van der Waals surface area contributed by atoms with Crippen LogP contribution < -0.4 is 14.8 Å². The second-order valence-electron chi connectivity index (χ2n) is 6.37. The molecule has 0 aliphatic rings. The Hall–Kier alpha value is -3.46. The molecule has 0 saturated heterocycles. The van der Waals surface area contributed by atoms with Gasteiger partial charge in [-0.05, 0) is 56.3 Å². The highest BCUT2D eigenvalue weighted by Crippen LogP contribution is 2.24. The third kappa shape index (κ3) is 5.52. The number of aryl methyl sites for hydroxylation is 2. The number of benzene rings is 2. The standard InChI is InChI=1S/C20H20N4O4S/c1-13-11-14(2)22-20(21-13)28-18-6-4-5-17(12-18)24-29(26,27)19-9-7-16(8-10-19)23-15(3)25/h4-12,24H,1-3H3,(H,23,25). The van der Waals surface area contributed by atoms with E-state index in [0.29, 0.717) is 17.1 Å². The number of ether oxygens (including phenoxy) is 1. The number of amides is 1. The van der Waals surface area contributed by atoms with Crippen molar-refractivity contribution in [2.45, 2.75) is 25.7 Å². The Kier molecular flexibility index (Phi) is 5.79. The maximum Gasteiger partial charge on any atom is 0.322 e. The van der Waals surface area contributed by atoms with Gasteiger partial charge in [-0.3, -0.25) is 9.52 Å². The monoisotopic (exact) mass is 412 g/mol. The molecule has 1 heterocycles. The zero-order valence-corrected chi connectivity index (χ0v) is 16.9. The van der Waals surface area contributed by atoms with Crippen molar-refractivity contribution in [3.05, 3.63) is 66.0 Å². The number of hydrogen-bond donors (Lipinski definition) is 2. The molecule has 0 saturated carbocycles. The summed E-state index contributed by atoms with van der Waals surface area (Å²) in [5, 5.41) is 2.59. The summed E-state index contributed by atoms with van der Waals surface area (Å²) in [4.78, 5) is 19.6. The number of hydrogen-bond acceptors (Lipinski definition) is 6. The van der Waals surface area contributed by atoms with Crippen molar-refractivity contribution in [1.29, 1.82) is 0 Å². The minimum Gasteiger partial charge on any atom is -0.424 e. The van der Waals surface area contributed by atoms with E-state index in [1.165, 1.54) is 31.2 Å². The van der Waals surface area contributed by atoms with Crippen LogP contribution in [0.1, 0.15) is 18.3 Å². The zero-order chi connectivity index (χ0) is 21.0. The quantitative estimate of drug-likeness (QED) is 0.639. The maximum atomic E-state index is 12.6. The highest BCUT2D eigenvalue weighted by atomic mass is 32.2. The van der Waals surface area contributed by atoms with E-state index in [0.717, 1.165) is 11.4 Å². The molecule has 9 heteroatoms. The van der Waals surface area contributed by atoms with Crippen LogP contribution in [0.4, 0.5) is 11.4 Å². The van der Waals surface area contributed by atoms with Crippen LogP contribution >= 0.6 is 0 Å². The van der Waals surface area contributed by atoms with Crippen molar-refractivity contribution < 1.29 is 17.9 Å². The number of anilines is 2. The molecule has 0 aliphatic carbocycles. The van der Waals surface area contributed by atoms with Gasteiger partial charge in [-0.15, -0.1) is 0 Å². The molecule has 3 aromatic rings. The van der Waals surface area contributed by atoms with Crippen LogP contribution in [0.5, 0.6) is 11.8 Å². The number of carbonyl (C=O) groups excluding carboxylic acids is 1. The van der Waals surface area contributed by atoms with Crippen molar-refractivity contribution in [3.63, 3.8) is 0 Å². The number of sulfonamides is 1. The van der Waals surface area contributed by atoms with Crippen LogP contribution in [-0.4, -0.2) is 24.3 Å². The fourth-order valence-electron chi connectivity index (χ4n) is 2.60. The van der Waals surface area contributed by atoms with Gasteiger partial charge in [-0.1, -0.05) is 6.07 Å². The molecule has 1 amide bonds. The number of nitrogens with one attached hydrogen (secondary N) is 2. The van der Waals surface area contributed by atoms with Gasteiger partial charge < -0.3 is 10.1 Å². The molecule has 0 aliphatic heterocycles. The van der Waals surface area contributed by atoms with Gasteiger partial charge in [0.25, 0.3) is 10.0 Å². The normalized spacial score (nSPS) is 11.0. The van der Waals surface area contributed by atoms with E-state index in [1.54, 1.807) is 24.3 Å². The molecule has 0 radical (unpaired) electrons. The average Bonchev–Trinajstić information content (AvgIpc) is 2.60. The van der Waals surface area contributed by atoms with E-state index in [-0.39, 0.29) is 16.8 Å². The Morgan fingerprint density at radius 3 is 2.21 bits per heavy atom. The van der Waals surface area contributed by atoms with E-state index in [4.69, 9.17) is 4.74 Å². The molecular formula is C20H20N4O4S. The molecule has 0 fully saturated rings. The van der Waals surface area contributed by atoms with Crippen LogP contribution in [0, 0.1) is 13.8 Å². The third-order valence-corrected chi connectivity index (χ3v) is 5.14. The Morgan fingerprint density at radius 2 is 1.59 bits per heavy atom. The number of rotatable bonds is 6. The van der Waals surface area contributed by atoms with Gasteiger partial charge in [-0.2, -0.15) is 0 Å². The summed E-state index contributed by atoms with van der Waals surface area (Å²) in [5.74, 6) is 0.166. The maximum absolute atomic E-state index is 12.6. The van der Waals surface area contributed by atoms with Crippen molar-refractivity contribution >= 4 is 27.3 Å². The molecule has 0 spiro atoms. The predicted molar refractivity (Wildman–Crippen MR) is 110 cm³/mol. The molecular weight excluding hydrogens is 392 g/mol. The van der Waals surface area contributed by atoms with E-state index < -0.39 is 10.0 Å². The molecule has 8 nitrogen and oxygen atoms in total.